The summed E-state index contributed by atoms with van der Waals surface area (Å²) in [6.07, 6.45) is 2.72. The largest absolute Gasteiger partial charge is 0.477 e. The van der Waals surface area contributed by atoms with Gasteiger partial charge in [0.1, 0.15) is 12.2 Å². The summed E-state index contributed by atoms with van der Waals surface area (Å²) in [7, 11) is 0. The molecule has 5 nitrogen and oxygen atoms in total. The summed E-state index contributed by atoms with van der Waals surface area (Å²) in [6.45, 7) is 0.202. The molecule has 1 aromatic carbocycles. The Bertz CT molecular complexity index is 724. The van der Waals surface area contributed by atoms with Gasteiger partial charge in [0.2, 0.25) is 5.88 Å². The summed E-state index contributed by atoms with van der Waals surface area (Å²) in [5.74, 6) is -0.839. The molecule has 1 N–H and O–H groups in total. The number of benzene rings is 1. The maximum Gasteiger partial charge on any atom is 0.341 e. The Morgan fingerprint density at radius 1 is 1.24 bits per heavy atom. The quantitative estimate of drug-likeness (QED) is 0.932. The molecule has 2 aromatic rings. The number of aromatic nitrogens is 1. The van der Waals surface area contributed by atoms with E-state index in [0.29, 0.717) is 12.8 Å². The van der Waals surface area contributed by atoms with Crippen LogP contribution in [0.3, 0.4) is 0 Å². The van der Waals surface area contributed by atoms with Crippen LogP contribution in [0.1, 0.15) is 38.3 Å². The van der Waals surface area contributed by atoms with Crippen LogP contribution in [0.15, 0.2) is 36.5 Å². The highest BCUT2D eigenvalue weighted by molar-refractivity contribution is 6.00. The number of ether oxygens (including phenoxy) is 1. The number of rotatable bonds is 4. The van der Waals surface area contributed by atoms with Gasteiger partial charge in [0, 0.05) is 18.2 Å². The van der Waals surface area contributed by atoms with Crippen LogP contribution in [0.4, 0.5) is 0 Å². The van der Waals surface area contributed by atoms with Crippen LogP contribution in [-0.2, 0) is 13.0 Å². The minimum Gasteiger partial charge on any atom is -0.477 e. The molecule has 0 bridgehead atoms. The van der Waals surface area contributed by atoms with E-state index in [-0.39, 0.29) is 23.8 Å². The van der Waals surface area contributed by atoms with Gasteiger partial charge in [0.05, 0.1) is 0 Å². The SMILES string of the molecule is O=C(O)c1cccnc1OCc1cccc2c1CCC2=O. The summed E-state index contributed by atoms with van der Waals surface area (Å²) >= 11 is 0. The van der Waals surface area contributed by atoms with Crippen LogP contribution < -0.4 is 4.74 Å². The second kappa shape index (κ2) is 5.36. The van der Waals surface area contributed by atoms with Crippen molar-refractivity contribution in [2.75, 3.05) is 0 Å². The predicted molar refractivity (Wildman–Crippen MR) is 74.6 cm³/mol. The van der Waals surface area contributed by atoms with Gasteiger partial charge in [-0.3, -0.25) is 4.79 Å². The molecule has 1 aromatic heterocycles. The van der Waals surface area contributed by atoms with Crippen LogP contribution in [0.5, 0.6) is 5.88 Å². The van der Waals surface area contributed by atoms with Crippen molar-refractivity contribution in [3.05, 3.63) is 58.8 Å². The van der Waals surface area contributed by atoms with Crippen molar-refractivity contribution in [1.82, 2.24) is 4.98 Å². The maximum absolute atomic E-state index is 11.7. The number of fused-ring (bicyclic) bond motifs is 1. The van der Waals surface area contributed by atoms with E-state index in [4.69, 9.17) is 9.84 Å². The van der Waals surface area contributed by atoms with Crippen molar-refractivity contribution in [2.24, 2.45) is 0 Å². The summed E-state index contributed by atoms with van der Waals surface area (Å²) in [4.78, 5) is 26.8. The fourth-order valence-electron chi connectivity index (χ4n) is 2.51. The third-order valence-corrected chi connectivity index (χ3v) is 3.54. The van der Waals surface area contributed by atoms with Crippen LogP contribution >= 0.6 is 0 Å². The minimum absolute atomic E-state index is 0.0288. The minimum atomic E-state index is -1.08. The number of pyridine rings is 1. The molecule has 0 unspecified atom stereocenters. The average molecular weight is 283 g/mol. The molecule has 1 aliphatic carbocycles. The molecular formula is C16H13NO4. The van der Waals surface area contributed by atoms with Crippen LogP contribution in [0.25, 0.3) is 0 Å². The zero-order valence-corrected chi connectivity index (χ0v) is 11.2. The van der Waals surface area contributed by atoms with Gasteiger partial charge in [-0.15, -0.1) is 0 Å². The molecule has 0 fully saturated rings. The normalized spacial score (nSPS) is 13.0. The van der Waals surface area contributed by atoms with Gasteiger partial charge >= 0.3 is 5.97 Å². The third-order valence-electron chi connectivity index (χ3n) is 3.54. The smallest absolute Gasteiger partial charge is 0.341 e. The lowest BCUT2D eigenvalue weighted by Gasteiger charge is -2.10. The number of aromatic carboxylic acids is 1. The van der Waals surface area contributed by atoms with Gasteiger partial charge in [-0.2, -0.15) is 0 Å². The first-order chi connectivity index (χ1) is 10.2. The molecule has 0 amide bonds. The highest BCUT2D eigenvalue weighted by atomic mass is 16.5. The van der Waals surface area contributed by atoms with Crippen molar-refractivity contribution in [2.45, 2.75) is 19.4 Å². The highest BCUT2D eigenvalue weighted by Crippen LogP contribution is 2.26. The summed E-state index contributed by atoms with van der Waals surface area (Å²) < 4.78 is 5.54. The van der Waals surface area contributed by atoms with E-state index in [2.05, 4.69) is 4.98 Å². The fraction of sp³-hybridized carbons (Fsp3) is 0.188. The molecule has 106 valence electrons. The monoisotopic (exact) mass is 283 g/mol. The number of carbonyl (C=O) groups excluding carboxylic acids is 1. The number of Topliss-reactive ketones (excluding diaryl/α,β-unsaturated/α-hetero) is 1. The molecule has 0 saturated carbocycles. The maximum atomic E-state index is 11.7. The Balaban J connectivity index is 1.84. The van der Waals surface area contributed by atoms with Crippen molar-refractivity contribution in [3.8, 4) is 5.88 Å². The fourth-order valence-corrected chi connectivity index (χ4v) is 2.51. The molecule has 0 radical (unpaired) electrons. The Hall–Kier alpha value is -2.69. The summed E-state index contributed by atoms with van der Waals surface area (Å²) in [6, 6.07) is 8.52. The lowest BCUT2D eigenvalue weighted by atomic mass is 10.0. The molecule has 5 heteroatoms. The second-order valence-corrected chi connectivity index (χ2v) is 4.82. The average Bonchev–Trinajstić information content (AvgIpc) is 2.87. The summed E-state index contributed by atoms with van der Waals surface area (Å²) in [5, 5.41) is 9.09. The Morgan fingerprint density at radius 2 is 2.10 bits per heavy atom. The van der Waals surface area contributed by atoms with E-state index >= 15 is 0 Å². The lowest BCUT2D eigenvalue weighted by molar-refractivity contribution is 0.0690. The van der Waals surface area contributed by atoms with E-state index in [9.17, 15) is 9.59 Å². The first-order valence-corrected chi connectivity index (χ1v) is 6.62. The Kier molecular flexibility index (Phi) is 3.39. The zero-order valence-electron chi connectivity index (χ0n) is 11.2. The van der Waals surface area contributed by atoms with Crippen LogP contribution in [-0.4, -0.2) is 21.8 Å². The van der Waals surface area contributed by atoms with Gasteiger partial charge in [0.15, 0.2) is 5.78 Å². The number of carbonyl (C=O) groups is 2. The number of hydrogen-bond acceptors (Lipinski definition) is 4. The molecule has 0 saturated heterocycles. The molecule has 3 rings (SSSR count). The van der Waals surface area contributed by atoms with Crippen molar-refractivity contribution < 1.29 is 19.4 Å². The first kappa shape index (κ1) is 13.3. The van der Waals surface area contributed by atoms with E-state index < -0.39 is 5.97 Å². The highest BCUT2D eigenvalue weighted by Gasteiger charge is 2.22. The molecule has 21 heavy (non-hydrogen) atoms. The van der Waals surface area contributed by atoms with E-state index in [0.717, 1.165) is 16.7 Å². The van der Waals surface area contributed by atoms with Crippen molar-refractivity contribution in [1.29, 1.82) is 0 Å². The van der Waals surface area contributed by atoms with E-state index in [1.54, 1.807) is 6.07 Å². The molecular weight excluding hydrogens is 270 g/mol. The van der Waals surface area contributed by atoms with E-state index in [1.165, 1.54) is 12.3 Å². The predicted octanol–water partition coefficient (Wildman–Crippen LogP) is 2.49. The molecule has 1 heterocycles. The van der Waals surface area contributed by atoms with Gasteiger partial charge in [-0.1, -0.05) is 18.2 Å². The van der Waals surface area contributed by atoms with Crippen LogP contribution in [0.2, 0.25) is 0 Å². The third kappa shape index (κ3) is 2.50. The molecule has 1 aliphatic rings. The Labute approximate surface area is 121 Å². The standard InChI is InChI=1S/C16H13NO4/c18-14-7-6-11-10(3-1-4-12(11)14)9-21-15-13(16(19)20)5-2-8-17-15/h1-5,8H,6-7,9H2,(H,19,20). The number of hydrogen-bond donors (Lipinski definition) is 1. The van der Waals surface area contributed by atoms with Crippen molar-refractivity contribution >= 4 is 11.8 Å². The van der Waals surface area contributed by atoms with Gasteiger partial charge in [-0.25, -0.2) is 9.78 Å². The van der Waals surface area contributed by atoms with E-state index in [1.807, 2.05) is 18.2 Å². The second-order valence-electron chi connectivity index (χ2n) is 4.82. The number of nitrogens with zero attached hydrogens (tertiary/aromatic N) is 1. The molecule has 0 atom stereocenters. The lowest BCUT2D eigenvalue weighted by Crippen LogP contribution is -2.06. The number of carboxylic acid groups (broad SMARTS) is 1. The summed E-state index contributed by atoms with van der Waals surface area (Å²) in [5.41, 5.74) is 2.67. The zero-order chi connectivity index (χ0) is 14.8. The molecule has 0 aliphatic heterocycles. The van der Waals surface area contributed by atoms with Crippen molar-refractivity contribution in [3.63, 3.8) is 0 Å². The van der Waals surface area contributed by atoms with Gasteiger partial charge < -0.3 is 9.84 Å². The topological polar surface area (TPSA) is 76.5 Å². The first-order valence-electron chi connectivity index (χ1n) is 6.62. The Morgan fingerprint density at radius 3 is 2.90 bits per heavy atom. The molecule has 0 spiro atoms. The van der Waals surface area contributed by atoms with Gasteiger partial charge in [-0.05, 0) is 29.7 Å². The van der Waals surface area contributed by atoms with Gasteiger partial charge in [0.25, 0.3) is 0 Å². The van der Waals surface area contributed by atoms with Crippen LogP contribution in [0, 0.1) is 0 Å². The number of carboxylic acids is 1. The number of ketones is 1.